The molecule has 0 amide bonds. The van der Waals surface area contributed by atoms with Gasteiger partial charge in [0.1, 0.15) is 10.7 Å². The number of thiol groups is 1. The van der Waals surface area contributed by atoms with Crippen LogP contribution in [0, 0.1) is 6.92 Å². The van der Waals surface area contributed by atoms with Crippen molar-refractivity contribution in [1.29, 1.82) is 0 Å². The Labute approximate surface area is 90.9 Å². The van der Waals surface area contributed by atoms with Crippen molar-refractivity contribution in [3.8, 4) is 0 Å². The third-order valence-corrected chi connectivity index (χ3v) is 2.88. The summed E-state index contributed by atoms with van der Waals surface area (Å²) in [5.41, 5.74) is 1.70. The van der Waals surface area contributed by atoms with Gasteiger partial charge in [-0.05, 0) is 30.0 Å². The minimum absolute atomic E-state index is 0.0182. The van der Waals surface area contributed by atoms with Crippen LogP contribution >= 0.6 is 11.6 Å². The van der Waals surface area contributed by atoms with E-state index in [4.69, 9.17) is 11.6 Å². The SMILES string of the molecule is [CH2]CCc1cccc(Cl)c1C[SH](=O)=O. The lowest BCUT2D eigenvalue weighted by Gasteiger charge is -2.07. The predicted octanol–water partition coefficient (Wildman–Crippen LogP) is 2.22. The van der Waals surface area contributed by atoms with Crippen LogP contribution in [0.2, 0.25) is 5.02 Å². The molecule has 0 bridgehead atoms. The average molecular weight is 232 g/mol. The highest BCUT2D eigenvalue weighted by molar-refractivity contribution is 7.71. The maximum atomic E-state index is 10.6. The minimum Gasteiger partial charge on any atom is -0.232 e. The summed E-state index contributed by atoms with van der Waals surface area (Å²) in [5, 5.41) is 0.523. The van der Waals surface area contributed by atoms with E-state index in [1.54, 1.807) is 6.07 Å². The highest BCUT2D eigenvalue weighted by Gasteiger charge is 2.06. The van der Waals surface area contributed by atoms with Crippen molar-refractivity contribution >= 4 is 22.3 Å². The Kier molecular flexibility index (Phi) is 4.42. The van der Waals surface area contributed by atoms with E-state index in [-0.39, 0.29) is 5.75 Å². The number of hydrogen-bond acceptors (Lipinski definition) is 2. The van der Waals surface area contributed by atoms with Crippen LogP contribution in [0.15, 0.2) is 18.2 Å². The third kappa shape index (κ3) is 3.00. The van der Waals surface area contributed by atoms with Crippen molar-refractivity contribution in [2.45, 2.75) is 18.6 Å². The Morgan fingerprint density at radius 2 is 2.07 bits per heavy atom. The van der Waals surface area contributed by atoms with E-state index in [1.165, 1.54) is 0 Å². The van der Waals surface area contributed by atoms with E-state index in [0.717, 1.165) is 18.4 Å². The zero-order valence-corrected chi connectivity index (χ0v) is 9.35. The molecular weight excluding hydrogens is 220 g/mol. The fraction of sp³-hybridized carbons (Fsp3) is 0.300. The molecule has 0 atom stereocenters. The lowest BCUT2D eigenvalue weighted by Crippen LogP contribution is -1.96. The van der Waals surface area contributed by atoms with Crippen LogP contribution < -0.4 is 0 Å². The van der Waals surface area contributed by atoms with Gasteiger partial charge in [-0.1, -0.05) is 30.7 Å². The molecular formula is C10H12ClO2S. The maximum absolute atomic E-state index is 10.6. The smallest absolute Gasteiger partial charge is 0.144 e. The van der Waals surface area contributed by atoms with Gasteiger partial charge < -0.3 is 0 Å². The van der Waals surface area contributed by atoms with Gasteiger partial charge in [0.25, 0.3) is 0 Å². The van der Waals surface area contributed by atoms with Crippen LogP contribution in [-0.4, -0.2) is 8.42 Å². The normalized spacial score (nSPS) is 10.8. The van der Waals surface area contributed by atoms with Gasteiger partial charge in [0.05, 0.1) is 5.75 Å². The minimum atomic E-state index is -2.42. The zero-order chi connectivity index (χ0) is 10.6. The van der Waals surface area contributed by atoms with Crippen molar-refractivity contribution in [3.05, 3.63) is 41.3 Å². The van der Waals surface area contributed by atoms with Gasteiger partial charge in [0, 0.05) is 5.02 Å². The Balaban J connectivity index is 3.08. The zero-order valence-electron chi connectivity index (χ0n) is 7.70. The quantitative estimate of drug-likeness (QED) is 0.807. The molecule has 0 unspecified atom stereocenters. The van der Waals surface area contributed by atoms with Crippen LogP contribution in [0.4, 0.5) is 0 Å². The summed E-state index contributed by atoms with van der Waals surface area (Å²) in [6.07, 6.45) is 1.50. The van der Waals surface area contributed by atoms with Crippen molar-refractivity contribution in [2.75, 3.05) is 0 Å². The second kappa shape index (κ2) is 5.37. The van der Waals surface area contributed by atoms with Gasteiger partial charge in [0.15, 0.2) is 0 Å². The van der Waals surface area contributed by atoms with Gasteiger partial charge in [0.2, 0.25) is 0 Å². The molecule has 0 spiro atoms. The largest absolute Gasteiger partial charge is 0.232 e. The lowest BCUT2D eigenvalue weighted by molar-refractivity contribution is 0.613. The Hall–Kier alpha value is -0.540. The van der Waals surface area contributed by atoms with E-state index in [0.29, 0.717) is 10.6 Å². The van der Waals surface area contributed by atoms with E-state index >= 15 is 0 Å². The van der Waals surface area contributed by atoms with Gasteiger partial charge >= 0.3 is 0 Å². The molecule has 4 heteroatoms. The summed E-state index contributed by atoms with van der Waals surface area (Å²) in [7, 11) is -2.42. The van der Waals surface area contributed by atoms with Crippen molar-refractivity contribution < 1.29 is 8.42 Å². The summed E-state index contributed by atoms with van der Waals surface area (Å²) in [6.45, 7) is 3.74. The molecule has 0 saturated heterocycles. The summed E-state index contributed by atoms with van der Waals surface area (Å²) in [5.74, 6) is 0.0182. The topological polar surface area (TPSA) is 34.1 Å². The van der Waals surface area contributed by atoms with Crippen LogP contribution in [0.3, 0.4) is 0 Å². The molecule has 2 nitrogen and oxygen atoms in total. The summed E-state index contributed by atoms with van der Waals surface area (Å²) in [6, 6.07) is 5.43. The van der Waals surface area contributed by atoms with Gasteiger partial charge in [-0.25, -0.2) is 8.42 Å². The molecule has 1 aromatic carbocycles. The first-order valence-corrected chi connectivity index (χ1v) is 6.06. The highest BCUT2D eigenvalue weighted by atomic mass is 35.5. The van der Waals surface area contributed by atoms with Crippen LogP contribution in [0.5, 0.6) is 0 Å². The maximum Gasteiger partial charge on any atom is 0.144 e. The van der Waals surface area contributed by atoms with E-state index in [1.807, 2.05) is 12.1 Å². The van der Waals surface area contributed by atoms with Crippen LogP contribution in [0.25, 0.3) is 0 Å². The molecule has 0 saturated carbocycles. The monoisotopic (exact) mass is 231 g/mol. The first kappa shape index (κ1) is 11.5. The first-order valence-electron chi connectivity index (χ1n) is 4.32. The number of rotatable bonds is 4. The predicted molar refractivity (Wildman–Crippen MR) is 59.1 cm³/mol. The average Bonchev–Trinajstić information content (AvgIpc) is 2.11. The number of benzene rings is 1. The number of aryl methyl sites for hydroxylation is 1. The molecule has 0 N–H and O–H groups in total. The fourth-order valence-corrected chi connectivity index (χ4v) is 2.32. The second-order valence-corrected chi connectivity index (χ2v) is 4.36. The Morgan fingerprint density at radius 1 is 1.36 bits per heavy atom. The van der Waals surface area contributed by atoms with Crippen molar-refractivity contribution in [2.24, 2.45) is 0 Å². The van der Waals surface area contributed by atoms with E-state index in [9.17, 15) is 8.42 Å². The molecule has 0 heterocycles. The Bertz CT molecular complexity index is 378. The fourth-order valence-electron chi connectivity index (χ4n) is 1.33. The molecule has 1 rings (SSSR count). The lowest BCUT2D eigenvalue weighted by atomic mass is 10.0. The molecule has 0 fully saturated rings. The van der Waals surface area contributed by atoms with E-state index < -0.39 is 10.7 Å². The third-order valence-electron chi connectivity index (χ3n) is 1.95. The molecule has 1 aromatic rings. The van der Waals surface area contributed by atoms with Crippen LogP contribution in [0.1, 0.15) is 17.5 Å². The summed E-state index contributed by atoms with van der Waals surface area (Å²) >= 11 is 5.92. The summed E-state index contributed by atoms with van der Waals surface area (Å²) in [4.78, 5) is 0. The number of halogens is 1. The van der Waals surface area contributed by atoms with Gasteiger partial charge in [-0.3, -0.25) is 0 Å². The molecule has 0 aliphatic rings. The summed E-state index contributed by atoms with van der Waals surface area (Å²) < 4.78 is 21.3. The molecule has 14 heavy (non-hydrogen) atoms. The number of hydrogen-bond donors (Lipinski definition) is 1. The molecule has 0 aliphatic carbocycles. The molecule has 77 valence electrons. The molecule has 0 aromatic heterocycles. The van der Waals surface area contributed by atoms with Gasteiger partial charge in [-0.2, -0.15) is 0 Å². The second-order valence-electron chi connectivity index (χ2n) is 2.97. The molecule has 1 radical (unpaired) electrons. The van der Waals surface area contributed by atoms with E-state index in [2.05, 4.69) is 6.92 Å². The standard InChI is InChI=1S/C10H12ClO2S/c1-2-4-8-5-3-6-10(11)9(8)7-14(12)13/h3,5-6,14H,1-2,4,7H2. The highest BCUT2D eigenvalue weighted by Crippen LogP contribution is 2.21. The van der Waals surface area contributed by atoms with Gasteiger partial charge in [-0.15, -0.1) is 0 Å². The van der Waals surface area contributed by atoms with Crippen molar-refractivity contribution in [1.82, 2.24) is 0 Å². The molecule has 0 aliphatic heterocycles. The van der Waals surface area contributed by atoms with Crippen molar-refractivity contribution in [3.63, 3.8) is 0 Å². The Morgan fingerprint density at radius 3 is 2.64 bits per heavy atom. The first-order chi connectivity index (χ1) is 6.65. The van der Waals surface area contributed by atoms with Crippen LogP contribution in [-0.2, 0) is 22.9 Å².